The van der Waals surface area contributed by atoms with Crippen molar-refractivity contribution in [3.8, 4) is 0 Å². The quantitative estimate of drug-likeness (QED) is 0.836. The molecule has 0 spiro atoms. The molecule has 0 aliphatic carbocycles. The molecule has 0 unspecified atom stereocenters. The molecule has 7 nitrogen and oxygen atoms in total. The highest BCUT2D eigenvalue weighted by molar-refractivity contribution is 7.89. The molecule has 1 aromatic carbocycles. The zero-order valence-corrected chi connectivity index (χ0v) is 15.1. The lowest BCUT2D eigenvalue weighted by Gasteiger charge is -2.18. The lowest BCUT2D eigenvalue weighted by molar-refractivity contribution is 0.207. The van der Waals surface area contributed by atoms with Gasteiger partial charge in [0.1, 0.15) is 0 Å². The fourth-order valence-corrected chi connectivity index (χ4v) is 4.44. The largest absolute Gasteiger partial charge is 0.343 e. The molecule has 1 atom stereocenters. The number of amides is 2. The van der Waals surface area contributed by atoms with E-state index < -0.39 is 10.0 Å². The minimum atomic E-state index is -3.49. The van der Waals surface area contributed by atoms with Gasteiger partial charge >= 0.3 is 6.03 Å². The number of urea groups is 1. The van der Waals surface area contributed by atoms with Crippen molar-refractivity contribution >= 4 is 27.0 Å². The average Bonchev–Trinajstić information content (AvgIpc) is 3.10. The number of nitrogens with two attached hydrogens (primary N) is 1. The fraction of sp³-hybridized carbons (Fsp3) is 0.471. The third-order valence-corrected chi connectivity index (χ3v) is 5.61. The molecule has 8 heteroatoms. The van der Waals surface area contributed by atoms with E-state index in [-0.39, 0.29) is 17.7 Å². The predicted octanol–water partition coefficient (Wildman–Crippen LogP) is 1.27. The van der Waals surface area contributed by atoms with Gasteiger partial charge in [0.25, 0.3) is 0 Å². The van der Waals surface area contributed by atoms with Crippen molar-refractivity contribution in [2.24, 2.45) is 11.1 Å². The smallest absolute Gasteiger partial charge is 0.317 e. The molecule has 1 fully saturated rings. The van der Waals surface area contributed by atoms with Gasteiger partial charge in [-0.1, -0.05) is 18.2 Å². The Kier molecular flexibility index (Phi) is 5.01. The number of benzene rings is 1. The number of likely N-dealkylation sites (tertiary alicyclic amines) is 1. The molecular formula is C17H24N4O3S. The molecule has 1 saturated heterocycles. The maximum absolute atomic E-state index is 12.3. The topological polar surface area (TPSA) is 97.4 Å². The Labute approximate surface area is 147 Å². The summed E-state index contributed by atoms with van der Waals surface area (Å²) in [6.45, 7) is 4.28. The monoisotopic (exact) mass is 364 g/mol. The van der Waals surface area contributed by atoms with Crippen LogP contribution < -0.4 is 10.5 Å². The van der Waals surface area contributed by atoms with Gasteiger partial charge in [-0.2, -0.15) is 0 Å². The van der Waals surface area contributed by atoms with Gasteiger partial charge in [0.2, 0.25) is 10.0 Å². The number of aromatic nitrogens is 1. The first-order valence-electron chi connectivity index (χ1n) is 8.41. The van der Waals surface area contributed by atoms with Crippen molar-refractivity contribution in [2.75, 3.05) is 25.4 Å². The van der Waals surface area contributed by atoms with Crippen LogP contribution in [0, 0.1) is 12.8 Å². The minimum absolute atomic E-state index is 0.0642. The average molecular weight is 364 g/mol. The zero-order valence-electron chi connectivity index (χ0n) is 14.3. The first kappa shape index (κ1) is 17.8. The molecule has 0 radical (unpaired) electrons. The second-order valence-corrected chi connectivity index (χ2v) is 8.32. The van der Waals surface area contributed by atoms with Crippen molar-refractivity contribution in [1.29, 1.82) is 0 Å². The van der Waals surface area contributed by atoms with E-state index in [1.165, 1.54) is 5.39 Å². The van der Waals surface area contributed by atoms with Crippen molar-refractivity contribution in [2.45, 2.75) is 19.9 Å². The molecular weight excluding hydrogens is 340 g/mol. The summed E-state index contributed by atoms with van der Waals surface area (Å²) in [5.41, 5.74) is 2.31. The SMILES string of the molecule is Cc1cc2ccccc2n1CCNC(=O)N1CC[C@@H](CS(N)(=O)=O)C1. The summed E-state index contributed by atoms with van der Waals surface area (Å²) in [6, 6.07) is 10.2. The van der Waals surface area contributed by atoms with Gasteiger partial charge in [0.15, 0.2) is 0 Å². The Balaban J connectivity index is 1.52. The molecule has 25 heavy (non-hydrogen) atoms. The van der Waals surface area contributed by atoms with E-state index in [1.54, 1.807) is 4.90 Å². The Morgan fingerprint density at radius 3 is 2.88 bits per heavy atom. The van der Waals surface area contributed by atoms with Crippen molar-refractivity contribution in [3.05, 3.63) is 36.0 Å². The van der Waals surface area contributed by atoms with Crippen molar-refractivity contribution < 1.29 is 13.2 Å². The standard InChI is InChI=1S/C17H24N4O3S/c1-13-10-15-4-2-3-5-16(15)21(13)9-7-19-17(22)20-8-6-14(11-20)12-25(18,23)24/h2-5,10,14H,6-9,11-12H2,1H3,(H,19,22)(H2,18,23,24)/t14-/m1/s1. The minimum Gasteiger partial charge on any atom is -0.343 e. The van der Waals surface area contributed by atoms with Crippen molar-refractivity contribution in [1.82, 2.24) is 14.8 Å². The van der Waals surface area contributed by atoms with Crippen LogP contribution in [-0.4, -0.2) is 49.3 Å². The second kappa shape index (κ2) is 7.05. The summed E-state index contributed by atoms with van der Waals surface area (Å²) in [5, 5.41) is 9.20. The van der Waals surface area contributed by atoms with Gasteiger partial charge in [0.05, 0.1) is 5.75 Å². The Bertz CT molecular complexity index is 875. The van der Waals surface area contributed by atoms with Crippen LogP contribution in [0.1, 0.15) is 12.1 Å². The first-order valence-corrected chi connectivity index (χ1v) is 10.1. The molecule has 1 aliphatic rings. The summed E-state index contributed by atoms with van der Waals surface area (Å²) in [6.07, 6.45) is 0.672. The normalized spacial score (nSPS) is 18.0. The first-order chi connectivity index (χ1) is 11.8. The lowest BCUT2D eigenvalue weighted by atomic mass is 10.2. The van der Waals surface area contributed by atoms with Gasteiger partial charge < -0.3 is 14.8 Å². The van der Waals surface area contributed by atoms with Gasteiger partial charge in [-0.15, -0.1) is 0 Å². The summed E-state index contributed by atoms with van der Waals surface area (Å²) < 4.78 is 24.5. The highest BCUT2D eigenvalue weighted by Crippen LogP contribution is 2.19. The highest BCUT2D eigenvalue weighted by atomic mass is 32.2. The lowest BCUT2D eigenvalue weighted by Crippen LogP contribution is -2.40. The number of carbonyl (C=O) groups is 1. The number of fused-ring (bicyclic) bond motifs is 1. The molecule has 2 aromatic rings. The van der Waals surface area contributed by atoms with Gasteiger partial charge in [-0.25, -0.2) is 18.4 Å². The van der Waals surface area contributed by atoms with E-state index in [9.17, 15) is 13.2 Å². The number of nitrogens with one attached hydrogen (secondary N) is 1. The molecule has 2 heterocycles. The number of hydrogen-bond acceptors (Lipinski definition) is 3. The summed E-state index contributed by atoms with van der Waals surface area (Å²) in [7, 11) is -3.49. The Morgan fingerprint density at radius 1 is 1.36 bits per heavy atom. The maximum atomic E-state index is 12.3. The molecule has 0 bridgehead atoms. The Morgan fingerprint density at radius 2 is 2.12 bits per heavy atom. The van der Waals surface area contributed by atoms with E-state index in [4.69, 9.17) is 5.14 Å². The van der Waals surface area contributed by atoms with Gasteiger partial charge in [0, 0.05) is 37.4 Å². The summed E-state index contributed by atoms with van der Waals surface area (Å²) in [5.74, 6) is -0.137. The van der Waals surface area contributed by atoms with E-state index in [1.807, 2.05) is 12.1 Å². The van der Waals surface area contributed by atoms with Crippen LogP contribution >= 0.6 is 0 Å². The second-order valence-electron chi connectivity index (χ2n) is 6.66. The Hall–Kier alpha value is -2.06. The number of para-hydroxylation sites is 1. The van der Waals surface area contributed by atoms with E-state index >= 15 is 0 Å². The van der Waals surface area contributed by atoms with Crippen LogP contribution in [0.3, 0.4) is 0 Å². The zero-order chi connectivity index (χ0) is 18.0. The fourth-order valence-electron chi connectivity index (χ4n) is 3.51. The van der Waals surface area contributed by atoms with Crippen LogP contribution in [0.5, 0.6) is 0 Å². The van der Waals surface area contributed by atoms with Crippen LogP contribution in [-0.2, 0) is 16.6 Å². The third kappa shape index (κ3) is 4.32. The highest BCUT2D eigenvalue weighted by Gasteiger charge is 2.28. The van der Waals surface area contributed by atoms with E-state index in [0.717, 1.165) is 11.2 Å². The molecule has 2 amide bonds. The summed E-state index contributed by atoms with van der Waals surface area (Å²) in [4.78, 5) is 13.9. The number of nitrogens with zero attached hydrogens (tertiary/aromatic N) is 2. The predicted molar refractivity (Wildman–Crippen MR) is 97.7 cm³/mol. The van der Waals surface area contributed by atoms with Crippen LogP contribution in [0.15, 0.2) is 30.3 Å². The molecule has 3 N–H and O–H groups in total. The van der Waals surface area contributed by atoms with Crippen molar-refractivity contribution in [3.63, 3.8) is 0 Å². The van der Waals surface area contributed by atoms with Gasteiger partial charge in [-0.3, -0.25) is 0 Å². The van der Waals surface area contributed by atoms with E-state index in [0.29, 0.717) is 32.6 Å². The van der Waals surface area contributed by atoms with Crippen LogP contribution in [0.25, 0.3) is 10.9 Å². The number of primary sulfonamides is 1. The molecule has 1 aromatic heterocycles. The summed E-state index contributed by atoms with van der Waals surface area (Å²) >= 11 is 0. The number of carbonyl (C=O) groups excluding carboxylic acids is 1. The number of hydrogen-bond donors (Lipinski definition) is 2. The molecule has 3 rings (SSSR count). The number of aryl methyl sites for hydroxylation is 1. The van der Waals surface area contributed by atoms with Crippen LogP contribution in [0.2, 0.25) is 0 Å². The maximum Gasteiger partial charge on any atom is 0.317 e. The molecule has 1 aliphatic heterocycles. The molecule has 136 valence electrons. The number of rotatable bonds is 5. The van der Waals surface area contributed by atoms with Gasteiger partial charge in [-0.05, 0) is 36.8 Å². The number of sulfonamides is 1. The molecule has 0 saturated carbocycles. The van der Waals surface area contributed by atoms with Crippen LogP contribution in [0.4, 0.5) is 4.79 Å². The van der Waals surface area contributed by atoms with E-state index in [2.05, 4.69) is 35.0 Å². The third-order valence-electron chi connectivity index (χ3n) is 4.67.